The Morgan fingerprint density at radius 3 is 2.33 bits per heavy atom. The van der Waals surface area contributed by atoms with E-state index >= 15 is 0 Å². The second-order valence-corrected chi connectivity index (χ2v) is 4.00. The molecule has 1 rings (SSSR count). The molecular weight excluding hydrogens is 313 g/mol. The maximum atomic E-state index is 12.0. The Balaban J connectivity index is 2.90. The van der Waals surface area contributed by atoms with Crippen LogP contribution in [0.4, 0.5) is 18.9 Å². The molecule has 0 aliphatic carbocycles. The highest BCUT2D eigenvalue weighted by molar-refractivity contribution is 6.82. The molecule has 5 nitrogen and oxygen atoms in total. The zero-order valence-corrected chi connectivity index (χ0v) is 11.9. The van der Waals surface area contributed by atoms with Gasteiger partial charge in [-0.25, -0.2) is 4.79 Å². The Morgan fingerprint density at radius 1 is 1.33 bits per heavy atom. The topological polar surface area (TPSA) is 51.1 Å². The monoisotopic (exact) mass is 324 g/mol. The Hall–Kier alpha value is -1.96. The van der Waals surface area contributed by atoms with Gasteiger partial charge < -0.3 is 9.47 Å². The van der Waals surface area contributed by atoms with E-state index in [2.05, 4.69) is 14.6 Å². The summed E-state index contributed by atoms with van der Waals surface area (Å²) in [6, 6.07) is 4.98. The molecule has 0 saturated carbocycles. The number of esters is 1. The first-order valence-electron chi connectivity index (χ1n) is 5.72. The summed E-state index contributed by atoms with van der Waals surface area (Å²) in [5.41, 5.74) is 0.439. The van der Waals surface area contributed by atoms with Gasteiger partial charge in [0.25, 0.3) is 0 Å². The molecule has 0 unspecified atom stereocenters. The zero-order valence-electron chi connectivity index (χ0n) is 11.1. The normalized spacial score (nSPS) is 12.0. The van der Waals surface area contributed by atoms with Crippen LogP contribution in [0.25, 0.3) is 0 Å². The first-order valence-corrected chi connectivity index (χ1v) is 6.10. The van der Waals surface area contributed by atoms with E-state index in [0.29, 0.717) is 12.2 Å². The molecule has 0 aromatic heterocycles. The number of hydrazone groups is 1. The number of carbonyl (C=O) groups excluding carboxylic acids is 1. The molecule has 0 amide bonds. The average molecular weight is 325 g/mol. The lowest BCUT2D eigenvalue weighted by atomic mass is 10.3. The number of benzene rings is 1. The van der Waals surface area contributed by atoms with Gasteiger partial charge in [0.2, 0.25) is 5.17 Å². The fourth-order valence-corrected chi connectivity index (χ4v) is 1.53. The summed E-state index contributed by atoms with van der Waals surface area (Å²) in [6.07, 6.45) is -4.75. The summed E-state index contributed by atoms with van der Waals surface area (Å²) in [7, 11) is 1.15. The number of nitrogens with zero attached hydrogens (tertiary/aromatic N) is 2. The lowest BCUT2D eigenvalue weighted by Gasteiger charge is -2.17. The van der Waals surface area contributed by atoms with E-state index in [0.717, 1.165) is 19.2 Å². The number of halogens is 4. The molecule has 0 saturated heterocycles. The van der Waals surface area contributed by atoms with E-state index in [4.69, 9.17) is 11.6 Å². The Kier molecular flexibility index (Phi) is 5.83. The Labute approximate surface area is 123 Å². The van der Waals surface area contributed by atoms with Crippen LogP contribution in [0.2, 0.25) is 0 Å². The van der Waals surface area contributed by atoms with E-state index in [-0.39, 0.29) is 5.75 Å². The summed E-state index contributed by atoms with van der Waals surface area (Å²) >= 11 is 5.63. The van der Waals surface area contributed by atoms with Crippen molar-refractivity contribution in [2.75, 3.05) is 18.7 Å². The zero-order chi connectivity index (χ0) is 16.0. The lowest BCUT2D eigenvalue weighted by Crippen LogP contribution is -2.21. The molecule has 0 bridgehead atoms. The molecule has 0 heterocycles. The van der Waals surface area contributed by atoms with Crippen LogP contribution in [0.5, 0.6) is 5.75 Å². The van der Waals surface area contributed by atoms with Crippen LogP contribution >= 0.6 is 11.6 Å². The van der Waals surface area contributed by atoms with Gasteiger partial charge in [-0.05, 0) is 31.2 Å². The highest BCUT2D eigenvalue weighted by Crippen LogP contribution is 2.25. The molecule has 0 aliphatic heterocycles. The molecule has 0 aliphatic rings. The molecule has 21 heavy (non-hydrogen) atoms. The number of ether oxygens (including phenoxy) is 2. The molecule has 116 valence electrons. The number of hydrogen-bond acceptors (Lipinski definition) is 5. The number of carbonyl (C=O) groups is 1. The van der Waals surface area contributed by atoms with Crippen molar-refractivity contribution in [2.45, 2.75) is 13.3 Å². The minimum atomic E-state index is -4.75. The fourth-order valence-electron chi connectivity index (χ4n) is 1.36. The summed E-state index contributed by atoms with van der Waals surface area (Å²) in [4.78, 5) is 11.1. The van der Waals surface area contributed by atoms with Crippen molar-refractivity contribution >= 4 is 28.4 Å². The van der Waals surface area contributed by atoms with Crippen molar-refractivity contribution in [1.82, 2.24) is 0 Å². The van der Waals surface area contributed by atoms with Crippen LogP contribution in [-0.2, 0) is 9.53 Å². The molecule has 0 N–H and O–H groups in total. The van der Waals surface area contributed by atoms with E-state index in [1.165, 1.54) is 17.1 Å². The van der Waals surface area contributed by atoms with Crippen molar-refractivity contribution in [3.05, 3.63) is 24.3 Å². The van der Waals surface area contributed by atoms with Gasteiger partial charge in [-0.3, -0.25) is 5.01 Å². The van der Waals surface area contributed by atoms with E-state index in [9.17, 15) is 18.0 Å². The molecule has 0 radical (unpaired) electrons. The minimum absolute atomic E-state index is 0.340. The molecule has 0 fully saturated rings. The molecule has 0 spiro atoms. The van der Waals surface area contributed by atoms with Gasteiger partial charge in [-0.2, -0.15) is 5.10 Å². The molecular formula is C12H12ClF3N2O3. The number of rotatable bonds is 5. The third kappa shape index (κ3) is 5.50. The van der Waals surface area contributed by atoms with Gasteiger partial charge in [0, 0.05) is 6.54 Å². The summed E-state index contributed by atoms with van der Waals surface area (Å²) in [6.45, 7) is 2.07. The summed E-state index contributed by atoms with van der Waals surface area (Å²) < 4.78 is 44.3. The van der Waals surface area contributed by atoms with Crippen molar-refractivity contribution < 1.29 is 27.4 Å². The van der Waals surface area contributed by atoms with Gasteiger partial charge in [0.05, 0.1) is 12.8 Å². The quantitative estimate of drug-likeness (QED) is 0.474. The highest BCUT2D eigenvalue weighted by atomic mass is 35.5. The van der Waals surface area contributed by atoms with Crippen LogP contribution in [0, 0.1) is 0 Å². The molecule has 0 atom stereocenters. The van der Waals surface area contributed by atoms with E-state index in [1.54, 1.807) is 6.92 Å². The number of methoxy groups -OCH3 is 1. The van der Waals surface area contributed by atoms with Crippen LogP contribution in [-0.4, -0.2) is 31.2 Å². The number of anilines is 1. The molecule has 9 heteroatoms. The van der Waals surface area contributed by atoms with Crippen molar-refractivity contribution in [2.24, 2.45) is 5.10 Å². The third-order valence-corrected chi connectivity index (χ3v) is 2.46. The number of hydrogen-bond donors (Lipinski definition) is 0. The second kappa shape index (κ2) is 7.16. The van der Waals surface area contributed by atoms with Crippen LogP contribution in [0.3, 0.4) is 0 Å². The predicted octanol–water partition coefficient (Wildman–Crippen LogP) is 3.14. The predicted molar refractivity (Wildman–Crippen MR) is 71.4 cm³/mol. The Morgan fingerprint density at radius 2 is 1.90 bits per heavy atom. The maximum absolute atomic E-state index is 12.0. The van der Waals surface area contributed by atoms with Crippen molar-refractivity contribution in [3.63, 3.8) is 0 Å². The minimum Gasteiger partial charge on any atom is -0.464 e. The smallest absolute Gasteiger partial charge is 0.464 e. The third-order valence-electron chi connectivity index (χ3n) is 2.23. The van der Waals surface area contributed by atoms with Gasteiger partial charge in [-0.1, -0.05) is 11.6 Å². The first-order chi connectivity index (χ1) is 9.76. The van der Waals surface area contributed by atoms with E-state index in [1.807, 2.05) is 0 Å². The van der Waals surface area contributed by atoms with Gasteiger partial charge in [0.15, 0.2) is 0 Å². The lowest BCUT2D eigenvalue weighted by molar-refractivity contribution is -0.274. The SMILES string of the molecule is CCN(/N=C(/Cl)C(=O)OC)c1ccc(OC(F)(F)F)cc1. The molecule has 1 aromatic carbocycles. The molecule has 1 aromatic rings. The maximum Gasteiger partial charge on any atom is 0.573 e. The van der Waals surface area contributed by atoms with Crippen molar-refractivity contribution in [1.29, 1.82) is 0 Å². The summed E-state index contributed by atoms with van der Waals surface area (Å²) in [5, 5.41) is 4.75. The largest absolute Gasteiger partial charge is 0.573 e. The van der Waals surface area contributed by atoms with Gasteiger partial charge >= 0.3 is 12.3 Å². The average Bonchev–Trinajstić information content (AvgIpc) is 2.43. The van der Waals surface area contributed by atoms with Crippen LogP contribution in [0.1, 0.15) is 6.92 Å². The fraction of sp³-hybridized carbons (Fsp3) is 0.333. The Bertz CT molecular complexity index is 517. The number of alkyl halides is 3. The standard InChI is InChI=1S/C12H12ClF3N2O3/c1-3-18(17-10(13)11(19)20-2)8-4-6-9(7-5-8)21-12(14,15)16/h4-7H,3H2,1-2H3/b17-10+. The highest BCUT2D eigenvalue weighted by Gasteiger charge is 2.31. The second-order valence-electron chi connectivity index (χ2n) is 3.64. The first kappa shape index (κ1) is 17.1. The summed E-state index contributed by atoms with van der Waals surface area (Å²) in [5.74, 6) is -1.17. The van der Waals surface area contributed by atoms with Gasteiger partial charge in [0.1, 0.15) is 5.75 Å². The van der Waals surface area contributed by atoms with E-state index < -0.39 is 17.5 Å². The van der Waals surface area contributed by atoms with Gasteiger partial charge in [-0.15, -0.1) is 13.2 Å². The van der Waals surface area contributed by atoms with Crippen LogP contribution < -0.4 is 9.75 Å². The van der Waals surface area contributed by atoms with Crippen LogP contribution in [0.15, 0.2) is 29.4 Å². The van der Waals surface area contributed by atoms with Crippen molar-refractivity contribution in [3.8, 4) is 5.75 Å².